The summed E-state index contributed by atoms with van der Waals surface area (Å²) in [6.45, 7) is 1.06. The lowest BCUT2D eigenvalue weighted by Crippen LogP contribution is -2.02. The van der Waals surface area contributed by atoms with Gasteiger partial charge in [0.25, 0.3) is 0 Å². The Morgan fingerprint density at radius 1 is 1.10 bits per heavy atom. The maximum atomic E-state index is 6.10. The van der Waals surface area contributed by atoms with Gasteiger partial charge in [-0.2, -0.15) is 0 Å². The molecular formula is C17H15ClN2. The van der Waals surface area contributed by atoms with Crippen molar-refractivity contribution >= 4 is 22.6 Å². The van der Waals surface area contributed by atoms with Crippen molar-refractivity contribution < 1.29 is 0 Å². The van der Waals surface area contributed by atoms with Gasteiger partial charge in [0.15, 0.2) is 0 Å². The maximum absolute atomic E-state index is 6.10. The van der Waals surface area contributed by atoms with Crippen LogP contribution in [0, 0.1) is 5.92 Å². The van der Waals surface area contributed by atoms with Gasteiger partial charge in [0.2, 0.25) is 0 Å². The molecule has 0 spiro atoms. The Bertz CT molecular complexity index is 757. The van der Waals surface area contributed by atoms with Crippen molar-refractivity contribution in [1.29, 1.82) is 0 Å². The molecule has 1 fully saturated rings. The van der Waals surface area contributed by atoms with Crippen LogP contribution in [0.3, 0.4) is 0 Å². The van der Waals surface area contributed by atoms with E-state index in [4.69, 9.17) is 16.6 Å². The molecule has 1 aliphatic carbocycles. The maximum Gasteiger partial charge on any atom is 0.141 e. The Hall–Kier alpha value is -1.80. The second kappa shape index (κ2) is 4.64. The summed E-state index contributed by atoms with van der Waals surface area (Å²) in [6, 6.07) is 16.4. The zero-order chi connectivity index (χ0) is 13.5. The minimum atomic E-state index is 0.744. The van der Waals surface area contributed by atoms with Crippen LogP contribution in [0.4, 0.5) is 0 Å². The average molecular weight is 283 g/mol. The molecule has 3 aromatic rings. The molecule has 1 heterocycles. The highest BCUT2D eigenvalue weighted by Gasteiger charge is 2.24. The number of nitrogens with zero attached hydrogens (tertiary/aromatic N) is 2. The minimum Gasteiger partial charge on any atom is -0.324 e. The molecule has 2 nitrogen and oxygen atoms in total. The van der Waals surface area contributed by atoms with E-state index in [1.807, 2.05) is 18.2 Å². The quantitative estimate of drug-likeness (QED) is 0.677. The predicted molar refractivity (Wildman–Crippen MR) is 82.9 cm³/mol. The van der Waals surface area contributed by atoms with Gasteiger partial charge in [-0.25, -0.2) is 4.98 Å². The number of hydrogen-bond acceptors (Lipinski definition) is 1. The van der Waals surface area contributed by atoms with Crippen LogP contribution in [-0.2, 0) is 6.54 Å². The molecule has 0 aliphatic heterocycles. The Morgan fingerprint density at radius 2 is 1.90 bits per heavy atom. The molecule has 0 bridgehead atoms. The van der Waals surface area contributed by atoms with Crippen molar-refractivity contribution in [3.05, 3.63) is 53.6 Å². The number of halogens is 1. The molecule has 3 heteroatoms. The van der Waals surface area contributed by atoms with Crippen LogP contribution in [0.1, 0.15) is 12.8 Å². The van der Waals surface area contributed by atoms with Crippen LogP contribution in [-0.4, -0.2) is 9.55 Å². The molecule has 0 saturated heterocycles. The highest BCUT2D eigenvalue weighted by Crippen LogP contribution is 2.34. The number of hydrogen-bond donors (Lipinski definition) is 0. The van der Waals surface area contributed by atoms with Gasteiger partial charge in [-0.1, -0.05) is 41.9 Å². The smallest absolute Gasteiger partial charge is 0.141 e. The molecule has 0 radical (unpaired) electrons. The Morgan fingerprint density at radius 3 is 2.65 bits per heavy atom. The lowest BCUT2D eigenvalue weighted by Gasteiger charge is -2.08. The van der Waals surface area contributed by atoms with Crippen molar-refractivity contribution in [1.82, 2.24) is 9.55 Å². The second-order valence-electron chi connectivity index (χ2n) is 5.49. The molecule has 100 valence electrons. The summed E-state index contributed by atoms with van der Waals surface area (Å²) in [6.07, 6.45) is 2.67. The highest BCUT2D eigenvalue weighted by molar-refractivity contribution is 6.31. The zero-order valence-electron chi connectivity index (χ0n) is 11.1. The molecule has 4 rings (SSSR count). The van der Waals surface area contributed by atoms with E-state index in [2.05, 4.69) is 34.9 Å². The standard InChI is InChI=1S/C17H15ClN2/c18-14-8-9-16-15(10-14)19-17(13-4-2-1-3-5-13)20(16)11-12-6-7-12/h1-5,8-10,12H,6-7,11H2. The van der Waals surface area contributed by atoms with E-state index in [1.165, 1.54) is 23.9 Å². The third-order valence-corrected chi connectivity index (χ3v) is 4.12. The molecule has 2 aromatic carbocycles. The Kier molecular flexibility index (Phi) is 2.78. The van der Waals surface area contributed by atoms with Crippen molar-refractivity contribution in [2.45, 2.75) is 19.4 Å². The van der Waals surface area contributed by atoms with Gasteiger partial charge in [-0.3, -0.25) is 0 Å². The van der Waals surface area contributed by atoms with E-state index < -0.39 is 0 Å². The first-order valence-corrected chi connectivity index (χ1v) is 7.40. The largest absolute Gasteiger partial charge is 0.324 e. The predicted octanol–water partition coefficient (Wildman–Crippen LogP) is 4.77. The summed E-state index contributed by atoms with van der Waals surface area (Å²) < 4.78 is 2.35. The van der Waals surface area contributed by atoms with Crippen molar-refractivity contribution in [3.63, 3.8) is 0 Å². The number of aromatic nitrogens is 2. The van der Waals surface area contributed by atoms with Crippen LogP contribution < -0.4 is 0 Å². The summed E-state index contributed by atoms with van der Waals surface area (Å²) in [5.41, 5.74) is 3.33. The summed E-state index contributed by atoms with van der Waals surface area (Å²) in [7, 11) is 0. The Labute approximate surface area is 123 Å². The summed E-state index contributed by atoms with van der Waals surface area (Å²) in [5, 5.41) is 0.744. The van der Waals surface area contributed by atoms with Crippen molar-refractivity contribution in [2.24, 2.45) is 5.92 Å². The molecule has 0 N–H and O–H groups in total. The van der Waals surface area contributed by atoms with Gasteiger partial charge in [-0.05, 0) is 37.0 Å². The monoisotopic (exact) mass is 282 g/mol. The fourth-order valence-electron chi connectivity index (χ4n) is 2.65. The van der Waals surface area contributed by atoms with E-state index in [-0.39, 0.29) is 0 Å². The first-order chi connectivity index (χ1) is 9.81. The molecule has 1 aliphatic rings. The molecule has 0 unspecified atom stereocenters. The molecule has 1 saturated carbocycles. The van der Waals surface area contributed by atoms with Crippen molar-refractivity contribution in [2.75, 3.05) is 0 Å². The van der Waals surface area contributed by atoms with Gasteiger partial charge in [0.05, 0.1) is 11.0 Å². The molecular weight excluding hydrogens is 268 g/mol. The van der Waals surface area contributed by atoms with E-state index in [1.54, 1.807) is 0 Å². The van der Waals surface area contributed by atoms with Gasteiger partial charge >= 0.3 is 0 Å². The fourth-order valence-corrected chi connectivity index (χ4v) is 2.82. The first-order valence-electron chi connectivity index (χ1n) is 7.02. The van der Waals surface area contributed by atoms with Crippen LogP contribution >= 0.6 is 11.6 Å². The summed E-state index contributed by atoms with van der Waals surface area (Å²) >= 11 is 6.10. The molecule has 0 atom stereocenters. The fraction of sp³-hybridized carbons (Fsp3) is 0.235. The summed E-state index contributed by atoms with van der Waals surface area (Å²) in [5.74, 6) is 1.86. The van der Waals surface area contributed by atoms with E-state index in [9.17, 15) is 0 Å². The van der Waals surface area contributed by atoms with Crippen LogP contribution in [0.25, 0.3) is 22.4 Å². The topological polar surface area (TPSA) is 17.8 Å². The van der Waals surface area contributed by atoms with Gasteiger partial charge in [0, 0.05) is 17.1 Å². The van der Waals surface area contributed by atoms with E-state index in [0.29, 0.717) is 0 Å². The van der Waals surface area contributed by atoms with E-state index in [0.717, 1.165) is 28.8 Å². The SMILES string of the molecule is Clc1ccc2c(c1)nc(-c1ccccc1)n2CC1CC1. The van der Waals surface area contributed by atoms with Crippen LogP contribution in [0.5, 0.6) is 0 Å². The van der Waals surface area contributed by atoms with Crippen LogP contribution in [0.2, 0.25) is 5.02 Å². The molecule has 1 aromatic heterocycles. The average Bonchev–Trinajstić information content (AvgIpc) is 3.21. The van der Waals surface area contributed by atoms with E-state index >= 15 is 0 Å². The Balaban J connectivity index is 1.93. The number of fused-ring (bicyclic) bond motifs is 1. The summed E-state index contributed by atoms with van der Waals surface area (Å²) in [4.78, 5) is 4.80. The number of imidazole rings is 1. The van der Waals surface area contributed by atoms with Gasteiger partial charge in [0.1, 0.15) is 5.82 Å². The lowest BCUT2D eigenvalue weighted by atomic mass is 10.2. The second-order valence-corrected chi connectivity index (χ2v) is 5.92. The van der Waals surface area contributed by atoms with Crippen molar-refractivity contribution in [3.8, 4) is 11.4 Å². The number of rotatable bonds is 3. The third kappa shape index (κ3) is 2.10. The zero-order valence-corrected chi connectivity index (χ0v) is 11.8. The third-order valence-electron chi connectivity index (χ3n) is 3.88. The minimum absolute atomic E-state index is 0.744. The highest BCUT2D eigenvalue weighted by atomic mass is 35.5. The lowest BCUT2D eigenvalue weighted by molar-refractivity contribution is 0.648. The van der Waals surface area contributed by atoms with Crippen LogP contribution in [0.15, 0.2) is 48.5 Å². The van der Waals surface area contributed by atoms with Gasteiger partial charge in [-0.15, -0.1) is 0 Å². The number of benzene rings is 2. The first kappa shape index (κ1) is 12.0. The normalized spacial score (nSPS) is 14.8. The molecule has 20 heavy (non-hydrogen) atoms. The molecule has 0 amide bonds. The van der Waals surface area contributed by atoms with Gasteiger partial charge < -0.3 is 4.57 Å².